The molecule has 1 saturated carbocycles. The molecule has 2 nitrogen and oxygen atoms in total. The van der Waals surface area contributed by atoms with Gasteiger partial charge in [0.2, 0.25) is 0 Å². The molecule has 1 heterocycles. The summed E-state index contributed by atoms with van der Waals surface area (Å²) in [6, 6.07) is 20.4. The van der Waals surface area contributed by atoms with Crippen molar-refractivity contribution in [3.05, 3.63) is 71.1 Å². The monoisotopic (exact) mass is 464 g/mol. The van der Waals surface area contributed by atoms with Crippen LogP contribution in [-0.4, -0.2) is 37.1 Å². The van der Waals surface area contributed by atoms with Crippen molar-refractivity contribution in [1.29, 1.82) is 0 Å². The predicted molar refractivity (Wildman–Crippen MR) is 137 cm³/mol. The summed E-state index contributed by atoms with van der Waals surface area (Å²) in [5.74, 6) is 0. The molecule has 0 spiro atoms. The van der Waals surface area contributed by atoms with E-state index in [0.717, 1.165) is 19.4 Å². The molecule has 3 aromatic rings. The van der Waals surface area contributed by atoms with E-state index in [1.807, 2.05) is 11.3 Å². The van der Waals surface area contributed by atoms with Crippen molar-refractivity contribution in [2.45, 2.75) is 50.1 Å². The van der Waals surface area contributed by atoms with Gasteiger partial charge in [-0.3, -0.25) is 0 Å². The van der Waals surface area contributed by atoms with E-state index in [-0.39, 0.29) is 24.8 Å². The summed E-state index contributed by atoms with van der Waals surface area (Å²) in [4.78, 5) is 2.48. The molecule has 4 rings (SSSR count). The molecule has 0 aliphatic heterocycles. The lowest BCUT2D eigenvalue weighted by Crippen LogP contribution is -2.51. The van der Waals surface area contributed by atoms with Gasteiger partial charge in [0.15, 0.2) is 0 Å². The average Bonchev–Trinajstić information content (AvgIpc) is 3.13. The number of thiophene rings is 1. The van der Waals surface area contributed by atoms with Crippen LogP contribution in [0.4, 0.5) is 0 Å². The van der Waals surface area contributed by atoms with Gasteiger partial charge in [0.1, 0.15) is 0 Å². The van der Waals surface area contributed by atoms with Crippen molar-refractivity contribution < 1.29 is 0 Å². The van der Waals surface area contributed by atoms with Crippen molar-refractivity contribution in [2.24, 2.45) is 0 Å². The van der Waals surface area contributed by atoms with Crippen LogP contribution in [0.25, 0.3) is 10.1 Å². The van der Waals surface area contributed by atoms with E-state index < -0.39 is 0 Å². The van der Waals surface area contributed by atoms with Gasteiger partial charge in [-0.2, -0.15) is 0 Å². The van der Waals surface area contributed by atoms with Gasteiger partial charge in [0, 0.05) is 16.3 Å². The van der Waals surface area contributed by atoms with Crippen LogP contribution in [0, 0.1) is 0 Å². The maximum atomic E-state index is 3.85. The second kappa shape index (κ2) is 11.5. The minimum Gasteiger partial charge on any atom is -0.314 e. The molecular weight excluding hydrogens is 431 g/mol. The van der Waals surface area contributed by atoms with Crippen molar-refractivity contribution >= 4 is 46.2 Å². The molecule has 1 fully saturated rings. The molecule has 5 heteroatoms. The number of hydrogen-bond acceptors (Lipinski definition) is 3. The first-order chi connectivity index (χ1) is 13.7. The largest absolute Gasteiger partial charge is 0.314 e. The Morgan fingerprint density at radius 3 is 2.33 bits per heavy atom. The quantitative estimate of drug-likeness (QED) is 0.437. The fraction of sp³-hybridized carbons (Fsp3) is 0.440. The van der Waals surface area contributed by atoms with Crippen LogP contribution in [0.15, 0.2) is 60.0 Å². The van der Waals surface area contributed by atoms with E-state index in [2.05, 4.69) is 84.3 Å². The Balaban J connectivity index is 0.00000160. The number of fused-ring (bicyclic) bond motifs is 1. The minimum atomic E-state index is 0. The van der Waals surface area contributed by atoms with Crippen LogP contribution in [0.3, 0.4) is 0 Å². The van der Waals surface area contributed by atoms with Gasteiger partial charge in [-0.05, 0) is 87.1 Å². The summed E-state index contributed by atoms with van der Waals surface area (Å²) in [5, 5.41) is 7.63. The van der Waals surface area contributed by atoms with Gasteiger partial charge in [-0.15, -0.1) is 36.2 Å². The zero-order chi connectivity index (χ0) is 19.4. The lowest BCUT2D eigenvalue weighted by molar-refractivity contribution is 0.0875. The van der Waals surface area contributed by atoms with Gasteiger partial charge < -0.3 is 10.2 Å². The molecule has 0 radical (unpaired) electrons. The van der Waals surface area contributed by atoms with Crippen LogP contribution in [0.1, 0.15) is 36.8 Å². The van der Waals surface area contributed by atoms with E-state index in [0.29, 0.717) is 11.6 Å². The van der Waals surface area contributed by atoms with Gasteiger partial charge in [0.25, 0.3) is 0 Å². The predicted octanol–water partition coefficient (Wildman–Crippen LogP) is 6.36. The number of nitrogens with zero attached hydrogens (tertiary/aromatic N) is 1. The molecule has 0 unspecified atom stereocenters. The van der Waals surface area contributed by atoms with Crippen molar-refractivity contribution in [3.63, 3.8) is 0 Å². The molecule has 1 aromatic heterocycles. The Hall–Kier alpha value is -1.10. The van der Waals surface area contributed by atoms with E-state index in [4.69, 9.17) is 0 Å². The van der Waals surface area contributed by atoms with Crippen molar-refractivity contribution in [1.82, 2.24) is 10.2 Å². The zero-order valence-electron chi connectivity index (χ0n) is 18.0. The first kappa shape index (κ1) is 25.2. The van der Waals surface area contributed by atoms with Crippen LogP contribution in [0.5, 0.6) is 0 Å². The molecule has 0 bridgehead atoms. The van der Waals surface area contributed by atoms with E-state index >= 15 is 0 Å². The summed E-state index contributed by atoms with van der Waals surface area (Å²) in [5.41, 5.74) is 3.27. The Labute approximate surface area is 197 Å². The fourth-order valence-corrected chi connectivity index (χ4v) is 5.75. The first-order valence-electron chi connectivity index (χ1n) is 10.6. The normalized spacial score (nSPS) is 21.2. The van der Waals surface area contributed by atoms with Gasteiger partial charge >= 0.3 is 0 Å². The summed E-state index contributed by atoms with van der Waals surface area (Å²) < 4.78 is 1.41. The molecule has 1 aliphatic carbocycles. The first-order valence-corrected chi connectivity index (χ1v) is 11.4. The molecule has 0 atom stereocenters. The molecule has 1 aliphatic rings. The molecule has 30 heavy (non-hydrogen) atoms. The van der Waals surface area contributed by atoms with Gasteiger partial charge in [-0.1, -0.05) is 48.5 Å². The van der Waals surface area contributed by atoms with E-state index in [1.165, 1.54) is 46.9 Å². The lowest BCUT2D eigenvalue weighted by Gasteiger charge is -2.45. The Bertz CT molecular complexity index is 886. The highest BCUT2D eigenvalue weighted by Crippen LogP contribution is 2.35. The second-order valence-electron chi connectivity index (χ2n) is 8.52. The minimum absolute atomic E-state index is 0. The van der Waals surface area contributed by atoms with Crippen molar-refractivity contribution in [2.75, 3.05) is 20.6 Å². The van der Waals surface area contributed by atoms with Crippen LogP contribution >= 0.6 is 36.2 Å². The Morgan fingerprint density at radius 2 is 1.63 bits per heavy atom. The third-order valence-electron chi connectivity index (χ3n) is 6.63. The summed E-state index contributed by atoms with van der Waals surface area (Å²) in [7, 11) is 4.52. The number of hydrogen-bond donors (Lipinski definition) is 1. The maximum absolute atomic E-state index is 3.85. The number of benzene rings is 2. The summed E-state index contributed by atoms with van der Waals surface area (Å²) >= 11 is 1.87. The third-order valence-corrected chi connectivity index (χ3v) is 7.64. The Kier molecular flexibility index (Phi) is 9.65. The van der Waals surface area contributed by atoms with Crippen LogP contribution in [-0.2, 0) is 12.8 Å². The third kappa shape index (κ3) is 5.77. The smallest absolute Gasteiger partial charge is 0.0345 e. The number of rotatable bonds is 7. The maximum Gasteiger partial charge on any atom is 0.0345 e. The fourth-order valence-electron chi connectivity index (χ4n) is 4.75. The molecule has 164 valence electrons. The molecule has 1 N–H and O–H groups in total. The highest BCUT2D eigenvalue weighted by Gasteiger charge is 2.37. The number of likely N-dealkylation sites (N-methyl/N-ethyl adjacent to an activating group) is 1. The highest BCUT2D eigenvalue weighted by atomic mass is 35.5. The summed E-state index contributed by atoms with van der Waals surface area (Å²) in [6.07, 6.45) is 7.38. The van der Waals surface area contributed by atoms with Gasteiger partial charge in [-0.25, -0.2) is 0 Å². The second-order valence-corrected chi connectivity index (χ2v) is 9.43. The van der Waals surface area contributed by atoms with Crippen LogP contribution in [0.2, 0.25) is 0 Å². The zero-order valence-corrected chi connectivity index (χ0v) is 20.4. The SMILES string of the molecule is CN(C)[C@]1(Cc2ccccc2)CC[C@@H](NCCc2csc3ccccc23)CC1.Cl.Cl. The summed E-state index contributed by atoms with van der Waals surface area (Å²) in [6.45, 7) is 1.08. The molecular formula is C25H34Cl2N2S. The van der Waals surface area contributed by atoms with E-state index in [9.17, 15) is 0 Å². The topological polar surface area (TPSA) is 15.3 Å². The standard InChI is InChI=1S/C25H32N2S.2ClH/c1-27(2)25(18-20-8-4-3-5-9-20)15-12-22(13-16-25)26-17-14-21-19-28-24-11-7-6-10-23(21)24;;/h3-11,19,22,26H,12-18H2,1-2H3;2*1H/t22-,25-;;. The molecule has 0 amide bonds. The van der Waals surface area contributed by atoms with Crippen molar-refractivity contribution in [3.8, 4) is 0 Å². The number of nitrogens with one attached hydrogen (secondary N) is 1. The molecule has 0 saturated heterocycles. The average molecular weight is 466 g/mol. The van der Waals surface area contributed by atoms with E-state index in [1.54, 1.807) is 0 Å². The molecule has 2 aromatic carbocycles. The number of halogens is 2. The lowest BCUT2D eigenvalue weighted by atomic mass is 9.75. The Morgan fingerprint density at radius 1 is 0.967 bits per heavy atom. The van der Waals surface area contributed by atoms with Gasteiger partial charge in [0.05, 0.1) is 0 Å². The highest BCUT2D eigenvalue weighted by molar-refractivity contribution is 7.17. The van der Waals surface area contributed by atoms with Crippen LogP contribution < -0.4 is 5.32 Å².